The van der Waals surface area contributed by atoms with Crippen molar-refractivity contribution in [2.24, 2.45) is 0 Å². The van der Waals surface area contributed by atoms with E-state index >= 15 is 0 Å². The second-order valence-electron chi connectivity index (χ2n) is 3.95. The van der Waals surface area contributed by atoms with Gasteiger partial charge in [0.2, 0.25) is 0 Å². The summed E-state index contributed by atoms with van der Waals surface area (Å²) in [5.41, 5.74) is 2.29. The Kier molecular flexibility index (Phi) is 4.73. The Morgan fingerprint density at radius 3 is 2.11 bits per heavy atom. The van der Waals surface area contributed by atoms with E-state index < -0.39 is 0 Å². The standard InChI is InChI=1S/C16H15BrO/c1-18-16(14-10-6-3-7-11-14)12-15(17)13-8-4-2-5-9-13/h2-12,16H,1H3/b15-12+. The minimum Gasteiger partial charge on any atom is -0.373 e. The third-order valence-electron chi connectivity index (χ3n) is 2.73. The van der Waals surface area contributed by atoms with Crippen molar-refractivity contribution in [1.82, 2.24) is 0 Å². The van der Waals surface area contributed by atoms with Crippen molar-refractivity contribution in [3.8, 4) is 0 Å². The predicted molar refractivity (Wildman–Crippen MR) is 79.5 cm³/mol. The lowest BCUT2D eigenvalue weighted by Gasteiger charge is -2.12. The molecular formula is C16H15BrO. The van der Waals surface area contributed by atoms with Crippen LogP contribution in [0, 0.1) is 0 Å². The molecule has 0 saturated carbocycles. The van der Waals surface area contributed by atoms with Crippen molar-refractivity contribution in [2.45, 2.75) is 6.10 Å². The van der Waals surface area contributed by atoms with Gasteiger partial charge in [0.15, 0.2) is 0 Å². The summed E-state index contributed by atoms with van der Waals surface area (Å²) in [5, 5.41) is 0. The molecule has 0 aliphatic rings. The summed E-state index contributed by atoms with van der Waals surface area (Å²) in [6, 6.07) is 20.4. The Bertz CT molecular complexity index is 505. The van der Waals surface area contributed by atoms with Gasteiger partial charge in [-0.2, -0.15) is 0 Å². The third kappa shape index (κ3) is 3.31. The lowest BCUT2D eigenvalue weighted by atomic mass is 10.1. The topological polar surface area (TPSA) is 9.23 Å². The van der Waals surface area contributed by atoms with Crippen LogP contribution in [0.4, 0.5) is 0 Å². The highest BCUT2D eigenvalue weighted by atomic mass is 79.9. The van der Waals surface area contributed by atoms with Crippen LogP contribution in [-0.2, 0) is 4.74 Å². The van der Waals surface area contributed by atoms with Gasteiger partial charge < -0.3 is 4.74 Å². The Morgan fingerprint density at radius 1 is 1.00 bits per heavy atom. The van der Waals surface area contributed by atoms with Crippen LogP contribution in [0.2, 0.25) is 0 Å². The smallest absolute Gasteiger partial charge is 0.102 e. The second kappa shape index (κ2) is 6.53. The first kappa shape index (κ1) is 13.1. The number of methoxy groups -OCH3 is 1. The molecule has 0 saturated heterocycles. The van der Waals surface area contributed by atoms with E-state index in [0.29, 0.717) is 0 Å². The molecule has 2 rings (SSSR count). The molecule has 0 spiro atoms. The van der Waals surface area contributed by atoms with E-state index in [9.17, 15) is 0 Å². The molecule has 0 heterocycles. The zero-order valence-corrected chi connectivity index (χ0v) is 11.8. The maximum atomic E-state index is 5.52. The van der Waals surface area contributed by atoms with Gasteiger partial charge in [-0.3, -0.25) is 0 Å². The van der Waals surface area contributed by atoms with Gasteiger partial charge >= 0.3 is 0 Å². The fourth-order valence-electron chi connectivity index (χ4n) is 1.77. The first-order chi connectivity index (χ1) is 8.81. The summed E-state index contributed by atoms with van der Waals surface area (Å²) in [5.74, 6) is 0. The summed E-state index contributed by atoms with van der Waals surface area (Å²) in [6.45, 7) is 0. The van der Waals surface area contributed by atoms with Gasteiger partial charge in [-0.15, -0.1) is 0 Å². The molecule has 0 N–H and O–H groups in total. The number of ether oxygens (including phenoxy) is 1. The first-order valence-corrected chi connectivity index (χ1v) is 6.61. The molecule has 1 atom stereocenters. The van der Waals surface area contributed by atoms with Crippen molar-refractivity contribution >= 4 is 20.4 Å². The first-order valence-electron chi connectivity index (χ1n) is 5.81. The molecule has 1 unspecified atom stereocenters. The zero-order chi connectivity index (χ0) is 12.8. The molecule has 1 nitrogen and oxygen atoms in total. The largest absolute Gasteiger partial charge is 0.373 e. The van der Waals surface area contributed by atoms with Crippen molar-refractivity contribution in [3.63, 3.8) is 0 Å². The van der Waals surface area contributed by atoms with Crippen LogP contribution in [0.5, 0.6) is 0 Å². The van der Waals surface area contributed by atoms with E-state index in [1.165, 1.54) is 0 Å². The molecule has 0 aliphatic carbocycles. The molecule has 0 amide bonds. The van der Waals surface area contributed by atoms with Crippen LogP contribution in [0.1, 0.15) is 17.2 Å². The third-order valence-corrected chi connectivity index (χ3v) is 3.45. The Hall–Kier alpha value is -1.38. The fraction of sp³-hybridized carbons (Fsp3) is 0.125. The van der Waals surface area contributed by atoms with Gasteiger partial charge in [0.1, 0.15) is 6.10 Å². The van der Waals surface area contributed by atoms with Crippen LogP contribution < -0.4 is 0 Å². The monoisotopic (exact) mass is 302 g/mol. The van der Waals surface area contributed by atoms with E-state index in [4.69, 9.17) is 4.74 Å². The summed E-state index contributed by atoms with van der Waals surface area (Å²) in [4.78, 5) is 0. The maximum absolute atomic E-state index is 5.52. The van der Waals surface area contributed by atoms with E-state index in [1.54, 1.807) is 7.11 Å². The molecule has 0 radical (unpaired) electrons. The number of benzene rings is 2. The van der Waals surface area contributed by atoms with Crippen LogP contribution in [0.25, 0.3) is 4.48 Å². The maximum Gasteiger partial charge on any atom is 0.102 e. The summed E-state index contributed by atoms with van der Waals surface area (Å²) >= 11 is 3.61. The molecule has 0 fully saturated rings. The molecule has 0 bridgehead atoms. The quantitative estimate of drug-likeness (QED) is 0.787. The normalized spacial score (nSPS) is 13.3. The van der Waals surface area contributed by atoms with Crippen molar-refractivity contribution in [3.05, 3.63) is 77.9 Å². The van der Waals surface area contributed by atoms with Crippen LogP contribution in [0.15, 0.2) is 66.7 Å². The lowest BCUT2D eigenvalue weighted by Crippen LogP contribution is -1.97. The highest BCUT2D eigenvalue weighted by Crippen LogP contribution is 2.27. The fourth-order valence-corrected chi connectivity index (χ4v) is 2.27. The molecular weight excluding hydrogens is 288 g/mol. The molecule has 0 aromatic heterocycles. The Morgan fingerprint density at radius 2 is 1.56 bits per heavy atom. The van der Waals surface area contributed by atoms with E-state index in [0.717, 1.165) is 15.6 Å². The highest BCUT2D eigenvalue weighted by molar-refractivity contribution is 9.15. The predicted octanol–water partition coefficient (Wildman–Crippen LogP) is 4.81. The lowest BCUT2D eigenvalue weighted by molar-refractivity contribution is 0.143. The zero-order valence-electron chi connectivity index (χ0n) is 10.2. The van der Waals surface area contributed by atoms with Gasteiger partial charge in [0.05, 0.1) is 0 Å². The Balaban J connectivity index is 2.25. The number of rotatable bonds is 4. The minimum atomic E-state index is -0.0409. The molecule has 2 aromatic rings. The Labute approximate surface area is 116 Å². The molecule has 92 valence electrons. The van der Waals surface area contributed by atoms with Gasteiger partial charge in [-0.05, 0) is 17.2 Å². The van der Waals surface area contributed by atoms with Crippen molar-refractivity contribution in [1.29, 1.82) is 0 Å². The molecule has 0 aliphatic heterocycles. The number of hydrogen-bond donors (Lipinski definition) is 0. The van der Waals surface area contributed by atoms with Crippen LogP contribution in [-0.4, -0.2) is 7.11 Å². The van der Waals surface area contributed by atoms with Gasteiger partial charge in [-0.25, -0.2) is 0 Å². The molecule has 18 heavy (non-hydrogen) atoms. The number of halogens is 1. The number of hydrogen-bond acceptors (Lipinski definition) is 1. The van der Waals surface area contributed by atoms with Crippen molar-refractivity contribution in [2.75, 3.05) is 7.11 Å². The highest BCUT2D eigenvalue weighted by Gasteiger charge is 2.08. The van der Waals surface area contributed by atoms with E-state index in [2.05, 4.69) is 46.3 Å². The summed E-state index contributed by atoms with van der Waals surface area (Å²) < 4.78 is 6.56. The van der Waals surface area contributed by atoms with Crippen LogP contribution >= 0.6 is 15.9 Å². The van der Waals surface area contributed by atoms with E-state index in [1.807, 2.05) is 36.4 Å². The molecule has 2 aromatic carbocycles. The summed E-state index contributed by atoms with van der Waals surface area (Å²) in [6.07, 6.45) is 2.03. The van der Waals surface area contributed by atoms with Gasteiger partial charge in [-0.1, -0.05) is 76.6 Å². The molecule has 2 heteroatoms. The average Bonchev–Trinajstić information content (AvgIpc) is 2.46. The SMILES string of the molecule is COC(/C=C(/Br)c1ccccc1)c1ccccc1. The van der Waals surface area contributed by atoms with Gasteiger partial charge in [0, 0.05) is 11.6 Å². The van der Waals surface area contributed by atoms with E-state index in [-0.39, 0.29) is 6.10 Å². The second-order valence-corrected chi connectivity index (χ2v) is 4.80. The van der Waals surface area contributed by atoms with Crippen LogP contribution in [0.3, 0.4) is 0 Å². The average molecular weight is 303 g/mol. The van der Waals surface area contributed by atoms with Crippen molar-refractivity contribution < 1.29 is 4.74 Å². The minimum absolute atomic E-state index is 0.0409. The van der Waals surface area contributed by atoms with Gasteiger partial charge in [0.25, 0.3) is 0 Å². The summed E-state index contributed by atoms with van der Waals surface area (Å²) in [7, 11) is 1.72.